The van der Waals surface area contributed by atoms with Crippen LogP contribution in [-0.2, 0) is 9.53 Å². The van der Waals surface area contributed by atoms with Crippen LogP contribution in [-0.4, -0.2) is 50.2 Å². The third-order valence-corrected chi connectivity index (χ3v) is 2.82. The Kier molecular flexibility index (Phi) is 6.42. The van der Waals surface area contributed by atoms with Gasteiger partial charge in [-0.05, 0) is 19.3 Å². The van der Waals surface area contributed by atoms with Gasteiger partial charge in [-0.25, -0.2) is 0 Å². The van der Waals surface area contributed by atoms with Gasteiger partial charge >= 0.3 is 0 Å². The van der Waals surface area contributed by atoms with Crippen molar-refractivity contribution in [2.45, 2.75) is 38.6 Å². The number of carbonyl (C=O) groups is 1. The summed E-state index contributed by atoms with van der Waals surface area (Å²) in [5.41, 5.74) is 0. The van der Waals surface area contributed by atoms with E-state index in [1.54, 1.807) is 7.11 Å². The molecule has 0 aliphatic heterocycles. The number of carbonyl (C=O) groups excluding carboxylic acids is 1. The molecule has 94 valence electrons. The number of hydrogen-bond acceptors (Lipinski definition) is 3. The number of methoxy groups -OCH3 is 1. The van der Waals surface area contributed by atoms with Crippen LogP contribution in [0, 0.1) is 0 Å². The van der Waals surface area contributed by atoms with Crippen molar-refractivity contribution in [3.63, 3.8) is 0 Å². The highest BCUT2D eigenvalue weighted by Gasteiger charge is 2.31. The number of rotatable bonds is 9. The highest BCUT2D eigenvalue weighted by atomic mass is 16.5. The monoisotopic (exact) mass is 228 g/mol. The number of nitrogens with zero attached hydrogens (tertiary/aromatic N) is 1. The molecule has 0 bridgehead atoms. The van der Waals surface area contributed by atoms with Crippen LogP contribution in [0.5, 0.6) is 0 Å². The second-order valence-electron chi connectivity index (χ2n) is 4.34. The van der Waals surface area contributed by atoms with Gasteiger partial charge in [0, 0.05) is 26.2 Å². The van der Waals surface area contributed by atoms with Crippen molar-refractivity contribution in [1.29, 1.82) is 0 Å². The summed E-state index contributed by atoms with van der Waals surface area (Å²) in [6.07, 6.45) is 4.63. The maximum absolute atomic E-state index is 11.9. The van der Waals surface area contributed by atoms with Crippen LogP contribution >= 0.6 is 0 Å². The molecule has 1 amide bonds. The van der Waals surface area contributed by atoms with E-state index in [1.807, 2.05) is 4.90 Å². The van der Waals surface area contributed by atoms with Gasteiger partial charge in [0.05, 0.1) is 13.2 Å². The van der Waals surface area contributed by atoms with E-state index in [1.165, 1.54) is 12.8 Å². The molecule has 1 aliphatic carbocycles. The van der Waals surface area contributed by atoms with Crippen molar-refractivity contribution in [1.82, 2.24) is 10.2 Å². The zero-order valence-electron chi connectivity index (χ0n) is 10.5. The highest BCUT2D eigenvalue weighted by molar-refractivity contribution is 5.78. The maximum Gasteiger partial charge on any atom is 0.236 e. The average molecular weight is 228 g/mol. The third kappa shape index (κ3) is 4.94. The number of amides is 1. The molecule has 4 heteroatoms. The first-order chi connectivity index (χ1) is 7.79. The Bertz CT molecular complexity index is 205. The van der Waals surface area contributed by atoms with E-state index in [2.05, 4.69) is 12.2 Å². The van der Waals surface area contributed by atoms with Crippen molar-refractivity contribution >= 4 is 5.91 Å². The van der Waals surface area contributed by atoms with Crippen molar-refractivity contribution in [2.75, 3.05) is 33.4 Å². The van der Waals surface area contributed by atoms with E-state index in [4.69, 9.17) is 4.74 Å². The molecule has 0 spiro atoms. The molecule has 0 aromatic rings. The number of unbranched alkanes of at least 4 members (excludes halogenated alkanes) is 1. The van der Waals surface area contributed by atoms with Gasteiger partial charge in [-0.15, -0.1) is 0 Å². The molecule has 0 saturated heterocycles. The van der Waals surface area contributed by atoms with Gasteiger partial charge in [0.15, 0.2) is 0 Å². The standard InChI is InChI=1S/C12H24N2O2/c1-3-4-8-14(11-5-6-11)12(15)10-13-7-9-16-2/h11,13H,3-10H2,1-2H3. The van der Waals surface area contributed by atoms with Crippen LogP contribution < -0.4 is 5.32 Å². The molecule has 1 N–H and O–H groups in total. The average Bonchev–Trinajstić information content (AvgIpc) is 3.09. The van der Waals surface area contributed by atoms with Crippen LogP contribution in [0.1, 0.15) is 32.6 Å². The van der Waals surface area contributed by atoms with Gasteiger partial charge in [-0.1, -0.05) is 13.3 Å². The van der Waals surface area contributed by atoms with E-state index >= 15 is 0 Å². The highest BCUT2D eigenvalue weighted by Crippen LogP contribution is 2.26. The second-order valence-corrected chi connectivity index (χ2v) is 4.34. The summed E-state index contributed by atoms with van der Waals surface area (Å²) in [7, 11) is 1.67. The van der Waals surface area contributed by atoms with Crippen LogP contribution in [0.4, 0.5) is 0 Å². The lowest BCUT2D eigenvalue weighted by Crippen LogP contribution is -2.40. The zero-order valence-corrected chi connectivity index (χ0v) is 10.5. The van der Waals surface area contributed by atoms with E-state index < -0.39 is 0 Å². The topological polar surface area (TPSA) is 41.6 Å². The Morgan fingerprint density at radius 1 is 1.50 bits per heavy atom. The van der Waals surface area contributed by atoms with Crippen LogP contribution in [0.3, 0.4) is 0 Å². The SMILES string of the molecule is CCCCN(C(=O)CNCCOC)C1CC1. The number of ether oxygens (including phenoxy) is 1. The first-order valence-corrected chi connectivity index (χ1v) is 6.28. The van der Waals surface area contributed by atoms with E-state index in [0.29, 0.717) is 19.2 Å². The fourth-order valence-corrected chi connectivity index (χ4v) is 1.70. The number of nitrogens with one attached hydrogen (secondary N) is 1. The Labute approximate surface area is 98.3 Å². The minimum Gasteiger partial charge on any atom is -0.383 e. The first-order valence-electron chi connectivity index (χ1n) is 6.28. The van der Waals surface area contributed by atoms with Crippen LogP contribution in [0.2, 0.25) is 0 Å². The lowest BCUT2D eigenvalue weighted by atomic mass is 10.3. The van der Waals surface area contributed by atoms with Gasteiger partial charge in [0.1, 0.15) is 0 Å². The summed E-state index contributed by atoms with van der Waals surface area (Å²) in [6, 6.07) is 0.531. The molecule has 1 rings (SSSR count). The number of hydrogen-bond donors (Lipinski definition) is 1. The Morgan fingerprint density at radius 2 is 2.25 bits per heavy atom. The lowest BCUT2D eigenvalue weighted by molar-refractivity contribution is -0.130. The summed E-state index contributed by atoms with van der Waals surface area (Å²) in [5, 5.41) is 3.11. The van der Waals surface area contributed by atoms with Crippen molar-refractivity contribution < 1.29 is 9.53 Å². The van der Waals surface area contributed by atoms with Crippen LogP contribution in [0.15, 0.2) is 0 Å². The molecule has 1 saturated carbocycles. The molecule has 0 unspecified atom stereocenters. The van der Waals surface area contributed by atoms with Crippen molar-refractivity contribution in [2.24, 2.45) is 0 Å². The quantitative estimate of drug-likeness (QED) is 0.599. The lowest BCUT2D eigenvalue weighted by Gasteiger charge is -2.22. The minimum absolute atomic E-state index is 0.243. The molecule has 16 heavy (non-hydrogen) atoms. The molecule has 4 nitrogen and oxygen atoms in total. The van der Waals surface area contributed by atoms with E-state index in [0.717, 1.165) is 25.9 Å². The molecule has 0 radical (unpaired) electrons. The Morgan fingerprint density at radius 3 is 2.81 bits per heavy atom. The maximum atomic E-state index is 11.9. The first kappa shape index (κ1) is 13.5. The molecule has 0 atom stereocenters. The van der Waals surface area contributed by atoms with Gasteiger partial charge < -0.3 is 15.0 Å². The molecule has 0 heterocycles. The zero-order chi connectivity index (χ0) is 11.8. The Hall–Kier alpha value is -0.610. The van der Waals surface area contributed by atoms with Crippen molar-refractivity contribution in [3.05, 3.63) is 0 Å². The predicted molar refractivity (Wildman–Crippen MR) is 64.4 cm³/mol. The molecule has 1 fully saturated rings. The minimum atomic E-state index is 0.243. The van der Waals surface area contributed by atoms with Gasteiger partial charge in [0.25, 0.3) is 0 Å². The summed E-state index contributed by atoms with van der Waals surface area (Å²) in [4.78, 5) is 14.0. The van der Waals surface area contributed by atoms with Gasteiger partial charge in [0.2, 0.25) is 5.91 Å². The smallest absolute Gasteiger partial charge is 0.236 e. The van der Waals surface area contributed by atoms with E-state index in [9.17, 15) is 4.79 Å². The summed E-state index contributed by atoms with van der Waals surface area (Å²) in [6.45, 7) is 4.93. The predicted octanol–water partition coefficient (Wildman–Crippen LogP) is 1.01. The third-order valence-electron chi connectivity index (χ3n) is 2.82. The largest absolute Gasteiger partial charge is 0.383 e. The second kappa shape index (κ2) is 7.63. The molecular formula is C12H24N2O2. The molecule has 0 aromatic heterocycles. The van der Waals surface area contributed by atoms with Crippen LogP contribution in [0.25, 0.3) is 0 Å². The fraction of sp³-hybridized carbons (Fsp3) is 0.917. The fourth-order valence-electron chi connectivity index (χ4n) is 1.70. The summed E-state index contributed by atoms with van der Waals surface area (Å²) in [5.74, 6) is 0.243. The molecular weight excluding hydrogens is 204 g/mol. The normalized spacial score (nSPS) is 15.1. The van der Waals surface area contributed by atoms with E-state index in [-0.39, 0.29) is 5.91 Å². The summed E-state index contributed by atoms with van der Waals surface area (Å²) >= 11 is 0. The van der Waals surface area contributed by atoms with Crippen molar-refractivity contribution in [3.8, 4) is 0 Å². The van der Waals surface area contributed by atoms with Gasteiger partial charge in [-0.2, -0.15) is 0 Å². The summed E-state index contributed by atoms with van der Waals surface area (Å²) < 4.78 is 4.92. The van der Waals surface area contributed by atoms with Gasteiger partial charge in [-0.3, -0.25) is 4.79 Å². The Balaban J connectivity index is 2.19. The molecule has 0 aromatic carbocycles. The molecule has 1 aliphatic rings.